The molecule has 1 unspecified atom stereocenters. The van der Waals surface area contributed by atoms with Crippen LogP contribution in [0.4, 0.5) is 0 Å². The molecule has 0 aliphatic heterocycles. The van der Waals surface area contributed by atoms with Crippen molar-refractivity contribution in [1.82, 2.24) is 4.90 Å². The van der Waals surface area contributed by atoms with Gasteiger partial charge >= 0.3 is 0 Å². The van der Waals surface area contributed by atoms with Gasteiger partial charge in [-0.1, -0.05) is 60.2 Å². The molecular formula is C16H19N. The number of nitrogens with zero attached hydrogens (tertiary/aromatic N) is 1. The van der Waals surface area contributed by atoms with E-state index in [4.69, 9.17) is 0 Å². The van der Waals surface area contributed by atoms with Gasteiger partial charge in [-0.2, -0.15) is 0 Å². The summed E-state index contributed by atoms with van der Waals surface area (Å²) in [5, 5.41) is 0. The van der Waals surface area contributed by atoms with Crippen molar-refractivity contribution in [3.8, 4) is 0 Å². The van der Waals surface area contributed by atoms with Crippen molar-refractivity contribution in [2.75, 3.05) is 14.1 Å². The Bertz CT molecular complexity index is 457. The predicted molar refractivity (Wildman–Crippen MR) is 73.2 cm³/mol. The van der Waals surface area contributed by atoms with Crippen molar-refractivity contribution in [1.29, 1.82) is 0 Å². The van der Waals surface area contributed by atoms with Crippen LogP contribution in [0.3, 0.4) is 0 Å². The summed E-state index contributed by atoms with van der Waals surface area (Å²) in [7, 11) is 4.25. The lowest BCUT2D eigenvalue weighted by Crippen LogP contribution is -2.20. The van der Waals surface area contributed by atoms with Crippen molar-refractivity contribution < 1.29 is 0 Å². The first-order chi connectivity index (χ1) is 8.18. The molecule has 1 nitrogen and oxygen atoms in total. The first-order valence-electron chi connectivity index (χ1n) is 5.96. The number of hydrogen-bond donors (Lipinski definition) is 0. The number of rotatable bonds is 3. The maximum atomic E-state index is 2.25. The van der Waals surface area contributed by atoms with Crippen molar-refractivity contribution in [2.24, 2.45) is 0 Å². The van der Waals surface area contributed by atoms with E-state index >= 15 is 0 Å². The Morgan fingerprint density at radius 2 is 1.29 bits per heavy atom. The highest BCUT2D eigenvalue weighted by atomic mass is 15.1. The molecule has 1 atom stereocenters. The minimum Gasteiger partial charge on any atom is -0.299 e. The van der Waals surface area contributed by atoms with E-state index in [1.807, 2.05) is 0 Å². The molecular weight excluding hydrogens is 206 g/mol. The van der Waals surface area contributed by atoms with Gasteiger partial charge in [0.1, 0.15) is 0 Å². The zero-order valence-electron chi connectivity index (χ0n) is 10.7. The van der Waals surface area contributed by atoms with Crippen molar-refractivity contribution in [3.63, 3.8) is 0 Å². The van der Waals surface area contributed by atoms with Crippen LogP contribution in [-0.2, 0) is 0 Å². The molecule has 0 aromatic heterocycles. The third-order valence-corrected chi connectivity index (χ3v) is 3.02. The van der Waals surface area contributed by atoms with E-state index in [1.54, 1.807) is 0 Å². The Morgan fingerprint density at radius 3 is 1.82 bits per heavy atom. The lowest BCUT2D eigenvalue weighted by atomic mass is 9.97. The van der Waals surface area contributed by atoms with Crippen molar-refractivity contribution >= 4 is 0 Å². The molecule has 0 aliphatic carbocycles. The average molecular weight is 225 g/mol. The highest BCUT2D eigenvalue weighted by Gasteiger charge is 2.15. The molecule has 0 heterocycles. The summed E-state index contributed by atoms with van der Waals surface area (Å²) in [6.45, 7) is 2.12. The summed E-state index contributed by atoms with van der Waals surface area (Å²) in [6.07, 6.45) is 0. The quantitative estimate of drug-likeness (QED) is 0.770. The summed E-state index contributed by atoms with van der Waals surface area (Å²) < 4.78 is 0. The van der Waals surface area contributed by atoms with Crippen LogP contribution in [0.5, 0.6) is 0 Å². The summed E-state index contributed by atoms with van der Waals surface area (Å²) >= 11 is 0. The number of aryl methyl sites for hydroxylation is 1. The van der Waals surface area contributed by atoms with E-state index in [-0.39, 0.29) is 0 Å². The van der Waals surface area contributed by atoms with Gasteiger partial charge in [0.15, 0.2) is 0 Å². The Morgan fingerprint density at radius 1 is 0.765 bits per heavy atom. The number of hydrogen-bond acceptors (Lipinski definition) is 1. The number of benzene rings is 2. The van der Waals surface area contributed by atoms with Gasteiger partial charge in [0.25, 0.3) is 0 Å². The normalized spacial score (nSPS) is 12.7. The maximum Gasteiger partial charge on any atom is 0.0596 e. The van der Waals surface area contributed by atoms with Crippen LogP contribution in [0, 0.1) is 6.92 Å². The minimum atomic E-state index is 0.330. The van der Waals surface area contributed by atoms with Gasteiger partial charge < -0.3 is 0 Å². The molecule has 0 N–H and O–H groups in total. The smallest absolute Gasteiger partial charge is 0.0596 e. The molecule has 0 bridgehead atoms. The molecule has 2 aromatic rings. The first kappa shape index (κ1) is 11.9. The molecule has 17 heavy (non-hydrogen) atoms. The molecule has 0 amide bonds. The van der Waals surface area contributed by atoms with E-state index in [0.29, 0.717) is 6.04 Å². The van der Waals surface area contributed by atoms with Crippen LogP contribution in [0.1, 0.15) is 22.7 Å². The molecule has 0 saturated carbocycles. The molecule has 0 fully saturated rings. The SMILES string of the molecule is Cc1ccc(C(c2ccccc2)N(C)C)cc1. The monoisotopic (exact) mass is 225 g/mol. The van der Waals surface area contributed by atoms with E-state index in [1.165, 1.54) is 16.7 Å². The molecule has 0 radical (unpaired) electrons. The molecule has 1 heteroatoms. The van der Waals surface area contributed by atoms with Gasteiger partial charge in [0.2, 0.25) is 0 Å². The van der Waals surface area contributed by atoms with Crippen molar-refractivity contribution in [2.45, 2.75) is 13.0 Å². The maximum absolute atomic E-state index is 2.25. The fourth-order valence-electron chi connectivity index (χ4n) is 2.17. The summed E-state index contributed by atoms with van der Waals surface area (Å²) in [6, 6.07) is 19.7. The molecule has 2 rings (SSSR count). The Labute approximate surface area is 104 Å². The Kier molecular flexibility index (Phi) is 3.60. The van der Waals surface area contributed by atoms with Crippen LogP contribution in [0.25, 0.3) is 0 Å². The summed E-state index contributed by atoms with van der Waals surface area (Å²) in [5.74, 6) is 0. The zero-order valence-corrected chi connectivity index (χ0v) is 10.7. The van der Waals surface area contributed by atoms with E-state index in [0.717, 1.165) is 0 Å². The molecule has 88 valence electrons. The van der Waals surface area contributed by atoms with Gasteiger partial charge in [0, 0.05) is 0 Å². The lowest BCUT2D eigenvalue weighted by Gasteiger charge is -2.25. The third kappa shape index (κ3) is 2.75. The van der Waals surface area contributed by atoms with Gasteiger partial charge in [-0.25, -0.2) is 0 Å². The van der Waals surface area contributed by atoms with E-state index in [2.05, 4.69) is 80.5 Å². The molecule has 0 aliphatic rings. The highest BCUT2D eigenvalue weighted by Crippen LogP contribution is 2.26. The standard InChI is InChI=1S/C16H19N/c1-13-9-11-15(12-10-13)16(17(2)3)14-7-5-4-6-8-14/h4-12,16H,1-3H3. The zero-order chi connectivity index (χ0) is 12.3. The van der Waals surface area contributed by atoms with Gasteiger partial charge in [-0.15, -0.1) is 0 Å². The fourth-order valence-corrected chi connectivity index (χ4v) is 2.17. The third-order valence-electron chi connectivity index (χ3n) is 3.02. The first-order valence-corrected chi connectivity index (χ1v) is 5.96. The van der Waals surface area contributed by atoms with Gasteiger partial charge in [-0.3, -0.25) is 4.90 Å². The summed E-state index contributed by atoms with van der Waals surface area (Å²) in [4.78, 5) is 2.25. The second-order valence-corrected chi connectivity index (χ2v) is 4.69. The summed E-state index contributed by atoms with van der Waals surface area (Å²) in [5.41, 5.74) is 3.98. The lowest BCUT2D eigenvalue weighted by molar-refractivity contribution is 0.342. The van der Waals surface area contributed by atoms with Crippen LogP contribution < -0.4 is 0 Å². The molecule has 2 aromatic carbocycles. The van der Waals surface area contributed by atoms with E-state index < -0.39 is 0 Å². The molecule has 0 spiro atoms. The largest absolute Gasteiger partial charge is 0.299 e. The minimum absolute atomic E-state index is 0.330. The molecule has 0 saturated heterocycles. The fraction of sp³-hybridized carbons (Fsp3) is 0.250. The van der Waals surface area contributed by atoms with Gasteiger partial charge in [0.05, 0.1) is 6.04 Å². The Balaban J connectivity index is 2.39. The van der Waals surface area contributed by atoms with Crippen LogP contribution in [0.15, 0.2) is 54.6 Å². The van der Waals surface area contributed by atoms with Crippen molar-refractivity contribution in [3.05, 3.63) is 71.3 Å². The van der Waals surface area contributed by atoms with E-state index in [9.17, 15) is 0 Å². The second kappa shape index (κ2) is 5.15. The second-order valence-electron chi connectivity index (χ2n) is 4.69. The van der Waals surface area contributed by atoms with Crippen LogP contribution in [-0.4, -0.2) is 19.0 Å². The van der Waals surface area contributed by atoms with Crippen LogP contribution >= 0.6 is 0 Å². The van der Waals surface area contributed by atoms with Gasteiger partial charge in [-0.05, 0) is 32.1 Å². The highest BCUT2D eigenvalue weighted by molar-refractivity contribution is 5.33. The topological polar surface area (TPSA) is 3.24 Å². The Hall–Kier alpha value is -1.60. The predicted octanol–water partition coefficient (Wildman–Crippen LogP) is 3.65. The average Bonchev–Trinajstić information content (AvgIpc) is 2.33. The van der Waals surface area contributed by atoms with Crippen LogP contribution in [0.2, 0.25) is 0 Å².